The van der Waals surface area contributed by atoms with E-state index in [-0.39, 0.29) is 24.9 Å². The summed E-state index contributed by atoms with van der Waals surface area (Å²) in [6.45, 7) is -1.13. The molecule has 0 spiro atoms. The summed E-state index contributed by atoms with van der Waals surface area (Å²) in [4.78, 5) is 13.2. The SMILES string of the molecule is O=C(C1CCOC1)N1CC(OC(F)F)C1. The second-order valence-corrected chi connectivity index (χ2v) is 3.82. The molecule has 1 atom stereocenters. The fourth-order valence-electron chi connectivity index (χ4n) is 1.84. The molecule has 0 bridgehead atoms. The third kappa shape index (κ3) is 2.43. The number of rotatable bonds is 3. The molecule has 2 aliphatic rings. The van der Waals surface area contributed by atoms with Crippen molar-refractivity contribution in [3.8, 4) is 0 Å². The molecule has 1 amide bonds. The fraction of sp³-hybridized carbons (Fsp3) is 0.889. The van der Waals surface area contributed by atoms with Gasteiger partial charge in [0.1, 0.15) is 0 Å². The number of carbonyl (C=O) groups excluding carboxylic acids is 1. The minimum absolute atomic E-state index is 0.00150. The highest BCUT2D eigenvalue weighted by Gasteiger charge is 2.37. The normalized spacial score (nSPS) is 27.1. The van der Waals surface area contributed by atoms with Gasteiger partial charge in [-0.1, -0.05) is 0 Å². The maximum atomic E-state index is 11.8. The number of amides is 1. The molecule has 4 nitrogen and oxygen atoms in total. The van der Waals surface area contributed by atoms with Gasteiger partial charge in [-0.05, 0) is 6.42 Å². The molecule has 0 N–H and O–H groups in total. The van der Waals surface area contributed by atoms with Crippen molar-refractivity contribution in [1.82, 2.24) is 4.90 Å². The second kappa shape index (κ2) is 4.40. The van der Waals surface area contributed by atoms with Crippen molar-refractivity contribution in [2.24, 2.45) is 5.92 Å². The van der Waals surface area contributed by atoms with Crippen molar-refractivity contribution in [3.63, 3.8) is 0 Å². The van der Waals surface area contributed by atoms with Crippen molar-refractivity contribution >= 4 is 5.91 Å². The van der Waals surface area contributed by atoms with Crippen molar-refractivity contribution < 1.29 is 23.0 Å². The van der Waals surface area contributed by atoms with Gasteiger partial charge in [-0.25, -0.2) is 0 Å². The first-order chi connectivity index (χ1) is 7.16. The van der Waals surface area contributed by atoms with E-state index in [0.29, 0.717) is 13.2 Å². The summed E-state index contributed by atoms with van der Waals surface area (Å²) in [5, 5.41) is 0. The highest BCUT2D eigenvalue weighted by Crippen LogP contribution is 2.21. The molecule has 0 radical (unpaired) electrons. The average molecular weight is 221 g/mol. The van der Waals surface area contributed by atoms with Crippen LogP contribution in [0, 0.1) is 5.92 Å². The first-order valence-corrected chi connectivity index (χ1v) is 4.97. The van der Waals surface area contributed by atoms with E-state index >= 15 is 0 Å². The molecular formula is C9H13F2NO3. The van der Waals surface area contributed by atoms with Crippen LogP contribution < -0.4 is 0 Å². The van der Waals surface area contributed by atoms with Crippen LogP contribution in [0.2, 0.25) is 0 Å². The summed E-state index contributed by atoms with van der Waals surface area (Å²) in [5.41, 5.74) is 0. The van der Waals surface area contributed by atoms with Crippen LogP contribution in [0.25, 0.3) is 0 Å². The van der Waals surface area contributed by atoms with E-state index in [9.17, 15) is 13.6 Å². The molecule has 86 valence electrons. The maximum Gasteiger partial charge on any atom is 0.345 e. The van der Waals surface area contributed by atoms with Crippen LogP contribution >= 0.6 is 0 Å². The van der Waals surface area contributed by atoms with Gasteiger partial charge in [0.25, 0.3) is 0 Å². The van der Waals surface area contributed by atoms with E-state index < -0.39 is 12.7 Å². The molecule has 2 fully saturated rings. The van der Waals surface area contributed by atoms with Gasteiger partial charge in [0.15, 0.2) is 0 Å². The Morgan fingerprint density at radius 2 is 2.20 bits per heavy atom. The van der Waals surface area contributed by atoms with Gasteiger partial charge >= 0.3 is 6.61 Å². The zero-order chi connectivity index (χ0) is 10.8. The van der Waals surface area contributed by atoms with E-state index in [2.05, 4.69) is 4.74 Å². The van der Waals surface area contributed by atoms with Gasteiger partial charge in [-0.3, -0.25) is 4.79 Å². The molecule has 15 heavy (non-hydrogen) atoms. The second-order valence-electron chi connectivity index (χ2n) is 3.82. The largest absolute Gasteiger partial charge is 0.381 e. The molecule has 0 aromatic rings. The molecule has 1 unspecified atom stereocenters. The number of hydrogen-bond donors (Lipinski definition) is 0. The molecule has 2 saturated heterocycles. The van der Waals surface area contributed by atoms with Crippen LogP contribution in [0.15, 0.2) is 0 Å². The summed E-state index contributed by atoms with van der Waals surface area (Å²) in [6, 6.07) is 0. The van der Waals surface area contributed by atoms with E-state index in [1.165, 1.54) is 0 Å². The molecule has 2 aliphatic heterocycles. The number of halogens is 2. The molecule has 0 aliphatic carbocycles. The lowest BCUT2D eigenvalue weighted by Gasteiger charge is -2.39. The summed E-state index contributed by atoms with van der Waals surface area (Å²) in [6.07, 6.45) is 0.228. The van der Waals surface area contributed by atoms with E-state index in [0.717, 1.165) is 6.42 Å². The van der Waals surface area contributed by atoms with Gasteiger partial charge in [-0.15, -0.1) is 0 Å². The lowest BCUT2D eigenvalue weighted by atomic mass is 10.0. The number of likely N-dealkylation sites (tertiary alicyclic amines) is 1. The van der Waals surface area contributed by atoms with Crippen LogP contribution in [0.1, 0.15) is 6.42 Å². The zero-order valence-corrected chi connectivity index (χ0v) is 8.20. The Balaban J connectivity index is 1.71. The minimum atomic E-state index is -2.75. The van der Waals surface area contributed by atoms with Gasteiger partial charge in [0.2, 0.25) is 5.91 Å². The Labute approximate surface area is 86.1 Å². The van der Waals surface area contributed by atoms with E-state index in [1.807, 2.05) is 0 Å². The molecule has 0 aromatic heterocycles. The van der Waals surface area contributed by atoms with Gasteiger partial charge < -0.3 is 14.4 Å². The smallest absolute Gasteiger partial charge is 0.345 e. The molecule has 0 aromatic carbocycles. The van der Waals surface area contributed by atoms with Crippen LogP contribution in [-0.2, 0) is 14.3 Å². The quantitative estimate of drug-likeness (QED) is 0.695. The van der Waals surface area contributed by atoms with Crippen LogP contribution in [0.3, 0.4) is 0 Å². The monoisotopic (exact) mass is 221 g/mol. The molecule has 2 rings (SSSR count). The van der Waals surface area contributed by atoms with Crippen molar-refractivity contribution in [2.45, 2.75) is 19.1 Å². The van der Waals surface area contributed by atoms with Crippen molar-refractivity contribution in [1.29, 1.82) is 0 Å². The Bertz CT molecular complexity index is 238. The number of ether oxygens (including phenoxy) is 2. The first-order valence-electron chi connectivity index (χ1n) is 4.97. The summed E-state index contributed by atoms with van der Waals surface area (Å²) < 4.78 is 32.9. The number of carbonyl (C=O) groups is 1. The zero-order valence-electron chi connectivity index (χ0n) is 8.20. The lowest BCUT2D eigenvalue weighted by Crippen LogP contribution is -2.56. The maximum absolute atomic E-state index is 11.8. The molecular weight excluding hydrogens is 208 g/mol. The highest BCUT2D eigenvalue weighted by molar-refractivity contribution is 5.80. The Morgan fingerprint density at radius 3 is 2.73 bits per heavy atom. The standard InChI is InChI=1S/C9H13F2NO3/c10-9(11)15-7-3-12(4-7)8(13)6-1-2-14-5-6/h6-7,9H,1-5H2. The van der Waals surface area contributed by atoms with Crippen LogP contribution in [-0.4, -0.2) is 49.8 Å². The summed E-state index contributed by atoms with van der Waals surface area (Å²) >= 11 is 0. The molecule has 6 heteroatoms. The van der Waals surface area contributed by atoms with Crippen molar-refractivity contribution in [3.05, 3.63) is 0 Å². The first kappa shape index (κ1) is 10.8. The lowest BCUT2D eigenvalue weighted by molar-refractivity contribution is -0.200. The predicted molar refractivity (Wildman–Crippen MR) is 46.4 cm³/mol. The fourth-order valence-corrected chi connectivity index (χ4v) is 1.84. The van der Waals surface area contributed by atoms with E-state index in [1.54, 1.807) is 4.90 Å². The van der Waals surface area contributed by atoms with Gasteiger partial charge in [0, 0.05) is 19.7 Å². The third-order valence-corrected chi connectivity index (χ3v) is 2.73. The van der Waals surface area contributed by atoms with Crippen LogP contribution in [0.4, 0.5) is 8.78 Å². The number of hydrogen-bond acceptors (Lipinski definition) is 3. The topological polar surface area (TPSA) is 38.8 Å². The summed E-state index contributed by atoms with van der Waals surface area (Å²) in [7, 11) is 0. The molecule has 0 saturated carbocycles. The predicted octanol–water partition coefficient (Wildman–Crippen LogP) is 0.473. The van der Waals surface area contributed by atoms with E-state index in [4.69, 9.17) is 4.74 Å². The Morgan fingerprint density at radius 1 is 1.47 bits per heavy atom. The average Bonchev–Trinajstić information content (AvgIpc) is 2.61. The minimum Gasteiger partial charge on any atom is -0.381 e. The molecule has 2 heterocycles. The van der Waals surface area contributed by atoms with Gasteiger partial charge in [0.05, 0.1) is 18.6 Å². The number of alkyl halides is 2. The highest BCUT2D eigenvalue weighted by atomic mass is 19.3. The van der Waals surface area contributed by atoms with Crippen LogP contribution in [0.5, 0.6) is 0 Å². The Hall–Kier alpha value is -0.750. The van der Waals surface area contributed by atoms with Gasteiger partial charge in [-0.2, -0.15) is 8.78 Å². The van der Waals surface area contributed by atoms with Crippen molar-refractivity contribution in [2.75, 3.05) is 26.3 Å². The Kier molecular flexibility index (Phi) is 3.16. The number of nitrogens with zero attached hydrogens (tertiary/aromatic N) is 1. The third-order valence-electron chi connectivity index (χ3n) is 2.73. The summed E-state index contributed by atoms with van der Waals surface area (Å²) in [5.74, 6) is -0.0842.